The summed E-state index contributed by atoms with van der Waals surface area (Å²) in [6.07, 6.45) is 0. The fourth-order valence-electron chi connectivity index (χ4n) is 1.63. The summed E-state index contributed by atoms with van der Waals surface area (Å²) >= 11 is 0. The van der Waals surface area contributed by atoms with Crippen molar-refractivity contribution >= 4 is 11.7 Å². The lowest BCUT2D eigenvalue weighted by molar-refractivity contribution is 0.898. The maximum atomic E-state index is 6.00. The minimum Gasteiger partial charge on any atom is -0.383 e. The number of nitrogens with one attached hydrogen (secondary N) is 1. The molecular weight excluding hydrogens is 236 g/mol. The van der Waals surface area contributed by atoms with Gasteiger partial charge in [0.2, 0.25) is 0 Å². The molecule has 0 radical (unpaired) electrons. The van der Waals surface area contributed by atoms with Crippen LogP contribution in [-0.4, -0.2) is 18.7 Å². The number of amidine groups is 2. The first-order chi connectivity index (χ1) is 9.31. The van der Waals surface area contributed by atoms with Gasteiger partial charge in [0.15, 0.2) is 5.84 Å². The van der Waals surface area contributed by atoms with Gasteiger partial charge >= 0.3 is 0 Å². The fourth-order valence-corrected chi connectivity index (χ4v) is 1.63. The van der Waals surface area contributed by atoms with Crippen LogP contribution in [0.5, 0.6) is 0 Å². The molecule has 0 aliphatic carbocycles. The molecule has 0 atom stereocenters. The van der Waals surface area contributed by atoms with Crippen LogP contribution in [0.3, 0.4) is 0 Å². The van der Waals surface area contributed by atoms with Gasteiger partial charge < -0.3 is 11.2 Å². The van der Waals surface area contributed by atoms with Crippen molar-refractivity contribution in [3.8, 4) is 0 Å². The van der Waals surface area contributed by atoms with Crippen molar-refractivity contribution in [3.63, 3.8) is 0 Å². The van der Waals surface area contributed by atoms with E-state index in [0.29, 0.717) is 11.7 Å². The van der Waals surface area contributed by atoms with E-state index in [-0.39, 0.29) is 0 Å². The first kappa shape index (κ1) is 12.8. The number of hydrogen-bond donors (Lipinski definition) is 2. The Balaban J connectivity index is 2.35. The summed E-state index contributed by atoms with van der Waals surface area (Å²) in [7, 11) is 1.73. The molecule has 4 heteroatoms. The standard InChI is InChI=1S/C15H16N4/c1-17-19-15(13-10-6-3-7-11-13)18-14(16)12-8-4-2-5-9-12/h2-11,17H,1H3,(H2,16,18,19). The average molecular weight is 252 g/mol. The monoisotopic (exact) mass is 252 g/mol. The molecule has 2 aromatic carbocycles. The predicted molar refractivity (Wildman–Crippen MR) is 79.2 cm³/mol. The summed E-state index contributed by atoms with van der Waals surface area (Å²) < 4.78 is 0. The first-order valence-electron chi connectivity index (χ1n) is 6.00. The highest BCUT2D eigenvalue weighted by Crippen LogP contribution is 2.04. The fraction of sp³-hybridized carbons (Fsp3) is 0.0667. The summed E-state index contributed by atoms with van der Waals surface area (Å²) in [4.78, 5) is 4.39. The van der Waals surface area contributed by atoms with Crippen molar-refractivity contribution in [3.05, 3.63) is 71.8 Å². The molecule has 0 aliphatic heterocycles. The van der Waals surface area contributed by atoms with Crippen molar-refractivity contribution in [1.82, 2.24) is 5.43 Å². The zero-order chi connectivity index (χ0) is 13.5. The molecule has 0 spiro atoms. The molecule has 0 fully saturated rings. The van der Waals surface area contributed by atoms with Gasteiger partial charge in [-0.15, -0.1) is 0 Å². The minimum absolute atomic E-state index is 0.443. The largest absolute Gasteiger partial charge is 0.383 e. The molecule has 0 saturated carbocycles. The number of nitrogens with two attached hydrogens (primary N) is 1. The number of hydrogen-bond acceptors (Lipinski definition) is 2. The maximum absolute atomic E-state index is 6.00. The number of rotatable bonds is 3. The van der Waals surface area contributed by atoms with E-state index in [2.05, 4.69) is 15.5 Å². The molecule has 96 valence electrons. The van der Waals surface area contributed by atoms with Crippen molar-refractivity contribution in [2.45, 2.75) is 0 Å². The Morgan fingerprint density at radius 2 is 1.42 bits per heavy atom. The van der Waals surface area contributed by atoms with Crippen LogP contribution in [0.1, 0.15) is 11.1 Å². The lowest BCUT2D eigenvalue weighted by atomic mass is 10.2. The molecule has 0 bridgehead atoms. The normalized spacial score (nSPS) is 12.3. The second-order valence-electron chi connectivity index (χ2n) is 3.89. The first-order valence-corrected chi connectivity index (χ1v) is 6.00. The van der Waals surface area contributed by atoms with Crippen molar-refractivity contribution in [2.24, 2.45) is 15.8 Å². The van der Waals surface area contributed by atoms with Crippen LogP contribution in [0.2, 0.25) is 0 Å². The molecule has 19 heavy (non-hydrogen) atoms. The van der Waals surface area contributed by atoms with E-state index in [1.54, 1.807) is 7.05 Å². The summed E-state index contributed by atoms with van der Waals surface area (Å²) in [5, 5.41) is 4.16. The summed E-state index contributed by atoms with van der Waals surface area (Å²) in [5.74, 6) is 1.00. The van der Waals surface area contributed by atoms with E-state index >= 15 is 0 Å². The van der Waals surface area contributed by atoms with E-state index < -0.39 is 0 Å². The quantitative estimate of drug-likeness (QED) is 0.498. The van der Waals surface area contributed by atoms with Gasteiger partial charge in [0.1, 0.15) is 5.84 Å². The Bertz CT molecular complexity index is 574. The Labute approximate surface area is 112 Å². The van der Waals surface area contributed by atoms with Gasteiger partial charge in [-0.1, -0.05) is 60.7 Å². The van der Waals surface area contributed by atoms with Crippen LogP contribution in [0.4, 0.5) is 0 Å². The van der Waals surface area contributed by atoms with Gasteiger partial charge in [-0.3, -0.25) is 0 Å². The van der Waals surface area contributed by atoms with E-state index in [9.17, 15) is 0 Å². The van der Waals surface area contributed by atoms with E-state index in [0.717, 1.165) is 11.1 Å². The van der Waals surface area contributed by atoms with Crippen LogP contribution in [0.25, 0.3) is 0 Å². The second-order valence-corrected chi connectivity index (χ2v) is 3.89. The van der Waals surface area contributed by atoms with Crippen LogP contribution < -0.4 is 11.2 Å². The van der Waals surface area contributed by atoms with Gasteiger partial charge in [-0.05, 0) is 0 Å². The topological polar surface area (TPSA) is 62.8 Å². The molecule has 0 unspecified atom stereocenters. The molecule has 4 nitrogen and oxygen atoms in total. The lowest BCUT2D eigenvalue weighted by Crippen LogP contribution is -2.17. The SMILES string of the molecule is CN/N=C(\N=C(N)c1ccccc1)c1ccccc1. The third kappa shape index (κ3) is 3.42. The molecule has 0 aliphatic rings. The van der Waals surface area contributed by atoms with Gasteiger partial charge in [0.25, 0.3) is 0 Å². The lowest BCUT2D eigenvalue weighted by Gasteiger charge is -2.04. The molecule has 0 heterocycles. The van der Waals surface area contributed by atoms with Crippen LogP contribution >= 0.6 is 0 Å². The second kappa shape index (κ2) is 6.35. The average Bonchev–Trinajstić information content (AvgIpc) is 2.48. The summed E-state index contributed by atoms with van der Waals surface area (Å²) in [6.45, 7) is 0. The highest BCUT2D eigenvalue weighted by atomic mass is 15.3. The van der Waals surface area contributed by atoms with Gasteiger partial charge in [0.05, 0.1) is 0 Å². The molecule has 0 saturated heterocycles. The van der Waals surface area contributed by atoms with Crippen molar-refractivity contribution in [1.29, 1.82) is 0 Å². The highest BCUT2D eigenvalue weighted by molar-refractivity contribution is 6.10. The smallest absolute Gasteiger partial charge is 0.180 e. The highest BCUT2D eigenvalue weighted by Gasteiger charge is 2.04. The van der Waals surface area contributed by atoms with E-state index in [4.69, 9.17) is 5.73 Å². The van der Waals surface area contributed by atoms with Crippen molar-refractivity contribution < 1.29 is 0 Å². The van der Waals surface area contributed by atoms with E-state index in [1.165, 1.54) is 0 Å². The molecular formula is C15H16N4. The Hall–Kier alpha value is -2.62. The molecule has 0 amide bonds. The number of hydrazone groups is 1. The Morgan fingerprint density at radius 1 is 0.895 bits per heavy atom. The third-order valence-electron chi connectivity index (χ3n) is 2.55. The number of aliphatic imine (C=N–C) groups is 1. The summed E-state index contributed by atoms with van der Waals surface area (Å²) in [5.41, 5.74) is 10.5. The number of nitrogens with zero attached hydrogens (tertiary/aromatic N) is 2. The molecule has 3 N–H and O–H groups in total. The minimum atomic E-state index is 0.443. The van der Waals surface area contributed by atoms with Gasteiger partial charge in [-0.2, -0.15) is 5.10 Å². The summed E-state index contributed by atoms with van der Waals surface area (Å²) in [6, 6.07) is 19.3. The van der Waals surface area contributed by atoms with E-state index in [1.807, 2.05) is 60.7 Å². The number of benzene rings is 2. The predicted octanol–water partition coefficient (Wildman–Crippen LogP) is 1.97. The van der Waals surface area contributed by atoms with Gasteiger partial charge in [-0.25, -0.2) is 4.99 Å². The molecule has 0 aromatic heterocycles. The van der Waals surface area contributed by atoms with Crippen molar-refractivity contribution in [2.75, 3.05) is 7.05 Å². The third-order valence-corrected chi connectivity index (χ3v) is 2.55. The van der Waals surface area contributed by atoms with Crippen LogP contribution in [0.15, 0.2) is 70.8 Å². The van der Waals surface area contributed by atoms with Gasteiger partial charge in [0, 0.05) is 18.2 Å². The Morgan fingerprint density at radius 3 is 1.95 bits per heavy atom. The zero-order valence-corrected chi connectivity index (χ0v) is 10.7. The van der Waals surface area contributed by atoms with Crippen LogP contribution in [-0.2, 0) is 0 Å². The maximum Gasteiger partial charge on any atom is 0.180 e. The zero-order valence-electron chi connectivity index (χ0n) is 10.7. The Kier molecular flexibility index (Phi) is 4.29. The van der Waals surface area contributed by atoms with Crippen LogP contribution in [0, 0.1) is 0 Å². The molecule has 2 rings (SSSR count). The molecule has 2 aromatic rings.